The van der Waals surface area contributed by atoms with Gasteiger partial charge in [-0.3, -0.25) is 4.79 Å². The fourth-order valence-corrected chi connectivity index (χ4v) is 3.29. The number of aliphatic hydroxyl groups is 1. The van der Waals surface area contributed by atoms with E-state index in [1.165, 1.54) is 0 Å². The van der Waals surface area contributed by atoms with Crippen LogP contribution in [0.5, 0.6) is 0 Å². The molecule has 2 amide bonds. The topological polar surface area (TPSA) is 81.1 Å². The molecule has 1 rings (SSSR count). The van der Waals surface area contributed by atoms with Crippen molar-refractivity contribution in [2.45, 2.75) is 31.7 Å². The largest absolute Gasteiger partial charge is 0.481 e. The van der Waals surface area contributed by atoms with Crippen LogP contribution in [0.1, 0.15) is 25.7 Å². The summed E-state index contributed by atoms with van der Waals surface area (Å²) in [4.78, 5) is 26.6. The molecule has 1 aliphatic heterocycles. The average molecular weight is 304 g/mol. The van der Waals surface area contributed by atoms with Crippen LogP contribution in [0.25, 0.3) is 0 Å². The van der Waals surface area contributed by atoms with Crippen LogP contribution in [0.2, 0.25) is 0 Å². The van der Waals surface area contributed by atoms with Crippen LogP contribution in [0, 0.1) is 0 Å². The SMILES string of the molecule is CN(CCCCCO)C(=O)N1CCSCC1CC(=O)O. The summed E-state index contributed by atoms with van der Waals surface area (Å²) in [6.07, 6.45) is 2.51. The zero-order valence-corrected chi connectivity index (χ0v) is 12.8. The van der Waals surface area contributed by atoms with Crippen LogP contribution < -0.4 is 0 Å². The first-order valence-electron chi connectivity index (χ1n) is 6.98. The molecule has 1 fully saturated rings. The highest BCUT2D eigenvalue weighted by molar-refractivity contribution is 7.99. The van der Waals surface area contributed by atoms with Gasteiger partial charge in [-0.1, -0.05) is 0 Å². The lowest BCUT2D eigenvalue weighted by Crippen LogP contribution is -2.51. The standard InChI is InChI=1S/C13H24N2O4S/c1-14(5-3-2-4-7-16)13(19)15-6-8-20-10-11(15)9-12(17)18/h11,16H,2-10H2,1H3,(H,17,18). The Morgan fingerprint density at radius 1 is 1.35 bits per heavy atom. The second-order valence-electron chi connectivity index (χ2n) is 5.01. The number of carbonyl (C=O) groups is 2. The summed E-state index contributed by atoms with van der Waals surface area (Å²) in [5, 5.41) is 17.6. The number of nitrogens with zero attached hydrogens (tertiary/aromatic N) is 2. The molecule has 0 radical (unpaired) electrons. The molecular formula is C13H24N2O4S. The Labute approximate surface area is 124 Å². The maximum absolute atomic E-state index is 12.4. The zero-order valence-electron chi connectivity index (χ0n) is 12.0. The summed E-state index contributed by atoms with van der Waals surface area (Å²) in [6, 6.07) is -0.292. The van der Waals surface area contributed by atoms with Crippen molar-refractivity contribution in [1.29, 1.82) is 0 Å². The van der Waals surface area contributed by atoms with Gasteiger partial charge in [-0.2, -0.15) is 11.8 Å². The van der Waals surface area contributed by atoms with E-state index in [9.17, 15) is 9.59 Å². The number of rotatable bonds is 7. The number of carboxylic acids is 1. The Kier molecular flexibility index (Phi) is 7.76. The number of carboxylic acid groups (broad SMARTS) is 1. The van der Waals surface area contributed by atoms with Crippen molar-refractivity contribution in [2.24, 2.45) is 0 Å². The molecule has 0 bridgehead atoms. The number of hydrogen-bond acceptors (Lipinski definition) is 4. The van der Waals surface area contributed by atoms with Crippen LogP contribution in [-0.4, -0.2) is 76.3 Å². The molecular weight excluding hydrogens is 280 g/mol. The first-order valence-corrected chi connectivity index (χ1v) is 8.14. The maximum atomic E-state index is 12.4. The van der Waals surface area contributed by atoms with Crippen molar-refractivity contribution in [3.63, 3.8) is 0 Å². The van der Waals surface area contributed by atoms with E-state index in [1.807, 2.05) is 0 Å². The highest BCUT2D eigenvalue weighted by atomic mass is 32.2. The van der Waals surface area contributed by atoms with Gasteiger partial charge >= 0.3 is 12.0 Å². The van der Waals surface area contributed by atoms with Gasteiger partial charge in [0.05, 0.1) is 12.5 Å². The highest BCUT2D eigenvalue weighted by Crippen LogP contribution is 2.20. The Hall–Kier alpha value is -0.950. The maximum Gasteiger partial charge on any atom is 0.320 e. The van der Waals surface area contributed by atoms with E-state index in [4.69, 9.17) is 10.2 Å². The van der Waals surface area contributed by atoms with E-state index in [1.54, 1.807) is 28.6 Å². The van der Waals surface area contributed by atoms with Crippen LogP contribution in [0.15, 0.2) is 0 Å². The quantitative estimate of drug-likeness (QED) is 0.688. The van der Waals surface area contributed by atoms with Crippen molar-refractivity contribution in [1.82, 2.24) is 9.80 Å². The number of hydrogen-bond donors (Lipinski definition) is 2. The molecule has 0 saturated carbocycles. The minimum Gasteiger partial charge on any atom is -0.481 e. The highest BCUT2D eigenvalue weighted by Gasteiger charge is 2.30. The van der Waals surface area contributed by atoms with E-state index in [0.717, 1.165) is 25.0 Å². The molecule has 0 aromatic carbocycles. The number of carbonyl (C=O) groups excluding carboxylic acids is 1. The molecule has 1 saturated heterocycles. The molecule has 7 heteroatoms. The molecule has 0 aromatic rings. The first-order chi connectivity index (χ1) is 9.56. The summed E-state index contributed by atoms with van der Waals surface area (Å²) >= 11 is 1.70. The molecule has 1 aliphatic rings. The summed E-state index contributed by atoms with van der Waals surface area (Å²) in [6.45, 7) is 1.44. The van der Waals surface area contributed by atoms with Crippen molar-refractivity contribution >= 4 is 23.8 Å². The molecule has 1 unspecified atom stereocenters. The summed E-state index contributed by atoms with van der Waals surface area (Å²) < 4.78 is 0. The fraction of sp³-hybridized carbons (Fsp3) is 0.846. The molecule has 1 atom stereocenters. The Morgan fingerprint density at radius 3 is 2.75 bits per heavy atom. The van der Waals surface area contributed by atoms with Crippen molar-refractivity contribution in [3.05, 3.63) is 0 Å². The monoisotopic (exact) mass is 304 g/mol. The minimum atomic E-state index is -0.860. The lowest BCUT2D eigenvalue weighted by molar-refractivity contribution is -0.138. The van der Waals surface area contributed by atoms with Gasteiger partial charge in [0.1, 0.15) is 0 Å². The summed E-state index contributed by atoms with van der Waals surface area (Å²) in [7, 11) is 1.75. The second kappa shape index (κ2) is 9.07. The van der Waals surface area contributed by atoms with Gasteiger partial charge in [-0.05, 0) is 19.3 Å². The Balaban J connectivity index is 2.47. The van der Waals surface area contributed by atoms with Gasteiger partial charge in [-0.15, -0.1) is 0 Å². The van der Waals surface area contributed by atoms with E-state index in [-0.39, 0.29) is 25.1 Å². The van der Waals surface area contributed by atoms with E-state index in [2.05, 4.69) is 0 Å². The van der Waals surface area contributed by atoms with Crippen molar-refractivity contribution in [2.75, 3.05) is 38.2 Å². The Bertz CT molecular complexity index is 327. The van der Waals surface area contributed by atoms with Gasteiger partial charge in [0.25, 0.3) is 0 Å². The van der Waals surface area contributed by atoms with Crippen LogP contribution in [0.4, 0.5) is 4.79 Å². The fourth-order valence-electron chi connectivity index (χ4n) is 2.23. The first kappa shape index (κ1) is 17.1. The van der Waals surface area contributed by atoms with Gasteiger partial charge in [0.2, 0.25) is 0 Å². The van der Waals surface area contributed by atoms with Gasteiger partial charge in [0.15, 0.2) is 0 Å². The van der Waals surface area contributed by atoms with E-state index >= 15 is 0 Å². The third-order valence-electron chi connectivity index (χ3n) is 3.36. The van der Waals surface area contributed by atoms with E-state index < -0.39 is 5.97 Å². The van der Waals surface area contributed by atoms with Crippen molar-refractivity contribution in [3.8, 4) is 0 Å². The molecule has 6 nitrogen and oxygen atoms in total. The molecule has 2 N–H and O–H groups in total. The molecule has 0 aromatic heterocycles. The predicted molar refractivity (Wildman–Crippen MR) is 79.0 cm³/mol. The average Bonchev–Trinajstić information content (AvgIpc) is 2.42. The zero-order chi connectivity index (χ0) is 15.0. The smallest absolute Gasteiger partial charge is 0.320 e. The predicted octanol–water partition coefficient (Wildman–Crippen LogP) is 1.09. The van der Waals surface area contributed by atoms with Gasteiger partial charge < -0.3 is 20.0 Å². The molecule has 1 heterocycles. The number of thioether (sulfide) groups is 1. The molecule has 116 valence electrons. The van der Waals surface area contributed by atoms with Crippen LogP contribution in [-0.2, 0) is 4.79 Å². The lowest BCUT2D eigenvalue weighted by Gasteiger charge is -2.37. The minimum absolute atomic E-state index is 0.0110. The van der Waals surface area contributed by atoms with Gasteiger partial charge in [0, 0.05) is 38.2 Å². The van der Waals surface area contributed by atoms with E-state index in [0.29, 0.717) is 18.8 Å². The normalized spacial score (nSPS) is 18.9. The molecule has 0 aliphatic carbocycles. The van der Waals surface area contributed by atoms with Crippen LogP contribution in [0.3, 0.4) is 0 Å². The summed E-state index contributed by atoms with van der Waals surface area (Å²) in [5.74, 6) is 0.692. The van der Waals surface area contributed by atoms with Gasteiger partial charge in [-0.25, -0.2) is 4.79 Å². The number of aliphatic carboxylic acids is 1. The second-order valence-corrected chi connectivity index (χ2v) is 6.16. The Morgan fingerprint density at radius 2 is 2.10 bits per heavy atom. The molecule has 20 heavy (non-hydrogen) atoms. The number of urea groups is 1. The summed E-state index contributed by atoms with van der Waals surface area (Å²) in [5.41, 5.74) is 0. The van der Waals surface area contributed by atoms with Crippen molar-refractivity contribution < 1.29 is 19.8 Å². The number of aliphatic hydroxyl groups excluding tert-OH is 1. The third kappa shape index (κ3) is 5.58. The third-order valence-corrected chi connectivity index (χ3v) is 4.45. The molecule has 0 spiro atoms. The number of amides is 2. The number of unbranched alkanes of at least 4 members (excludes halogenated alkanes) is 2. The lowest BCUT2D eigenvalue weighted by atomic mass is 10.2. The van der Waals surface area contributed by atoms with Crippen LogP contribution >= 0.6 is 11.8 Å².